The Labute approximate surface area is 252 Å². The van der Waals surface area contributed by atoms with Crippen molar-refractivity contribution in [3.05, 3.63) is 48.9 Å². The first-order valence-electron chi connectivity index (χ1n) is 14.1. The summed E-state index contributed by atoms with van der Waals surface area (Å²) in [5.41, 5.74) is 3.67. The van der Waals surface area contributed by atoms with Crippen LogP contribution in [0.25, 0.3) is 22.5 Å². The van der Waals surface area contributed by atoms with E-state index in [0.717, 1.165) is 60.9 Å². The van der Waals surface area contributed by atoms with Crippen molar-refractivity contribution < 1.29 is 14.2 Å². The zero-order chi connectivity index (χ0) is 29.5. The van der Waals surface area contributed by atoms with Gasteiger partial charge in [-0.3, -0.25) is 0 Å². The Kier molecular flexibility index (Phi) is 9.65. The van der Waals surface area contributed by atoms with Gasteiger partial charge in [-0.15, -0.1) is 0 Å². The zero-order valence-electron chi connectivity index (χ0n) is 24.6. The Balaban J connectivity index is 0.00000173. The molecule has 0 spiro atoms. The Morgan fingerprint density at radius 2 is 1.74 bits per heavy atom. The van der Waals surface area contributed by atoms with Crippen molar-refractivity contribution in [1.29, 1.82) is 0 Å². The standard InChI is InChI=1S/C29H34N8O3.CH4S/c1-4-36-10-12-37(13-11-36)20-6-7-21(24(16-20)38-3)22-18-31-27-17-25(22)39-14-5-15-40-29-23(19-32-35(29)2)28-30-9-8-26(33-27)34-28;1-2/h6-9,16-19H,4-5,10-15H2,1-3H3,(H,30,31,33,34);2H,1H3. The van der Waals surface area contributed by atoms with Crippen molar-refractivity contribution >= 4 is 30.0 Å². The maximum absolute atomic E-state index is 6.32. The molecule has 12 heteroatoms. The number of ether oxygens (including phenoxy) is 3. The van der Waals surface area contributed by atoms with Crippen molar-refractivity contribution in [2.75, 3.05) is 69.5 Å². The largest absolute Gasteiger partial charge is 0.496 e. The highest BCUT2D eigenvalue weighted by atomic mass is 32.1. The van der Waals surface area contributed by atoms with Gasteiger partial charge in [0.25, 0.3) is 0 Å². The van der Waals surface area contributed by atoms with Crippen LogP contribution in [0.1, 0.15) is 13.3 Å². The van der Waals surface area contributed by atoms with E-state index < -0.39 is 0 Å². The molecule has 1 aromatic carbocycles. The minimum Gasteiger partial charge on any atom is -0.496 e. The van der Waals surface area contributed by atoms with Crippen LogP contribution in [0.3, 0.4) is 0 Å². The molecule has 4 aromatic rings. The Hall–Kier alpha value is -4.03. The van der Waals surface area contributed by atoms with Gasteiger partial charge in [-0.1, -0.05) is 6.92 Å². The van der Waals surface area contributed by atoms with Gasteiger partial charge in [-0.2, -0.15) is 17.7 Å². The van der Waals surface area contributed by atoms with Gasteiger partial charge in [0.05, 0.1) is 26.5 Å². The maximum Gasteiger partial charge on any atom is 0.222 e. The summed E-state index contributed by atoms with van der Waals surface area (Å²) in [5.74, 6) is 3.85. The molecule has 11 nitrogen and oxygen atoms in total. The van der Waals surface area contributed by atoms with Gasteiger partial charge in [0, 0.05) is 81.0 Å². The molecule has 1 N–H and O–H groups in total. The average molecular weight is 591 g/mol. The van der Waals surface area contributed by atoms with E-state index in [9.17, 15) is 0 Å². The lowest BCUT2D eigenvalue weighted by Gasteiger charge is -2.35. The molecule has 4 bridgehead atoms. The van der Waals surface area contributed by atoms with Gasteiger partial charge in [0.1, 0.15) is 28.7 Å². The molecule has 0 aliphatic carbocycles. The predicted molar refractivity (Wildman–Crippen MR) is 169 cm³/mol. The summed E-state index contributed by atoms with van der Waals surface area (Å²) in [7, 11) is 3.54. The number of benzene rings is 1. The van der Waals surface area contributed by atoms with E-state index >= 15 is 0 Å². The van der Waals surface area contributed by atoms with Crippen molar-refractivity contribution in [1.82, 2.24) is 29.6 Å². The molecular formula is C30H38N8O3S. The van der Waals surface area contributed by atoms with Crippen LogP contribution in [0.4, 0.5) is 17.3 Å². The predicted octanol–water partition coefficient (Wildman–Crippen LogP) is 4.54. The molecule has 42 heavy (non-hydrogen) atoms. The summed E-state index contributed by atoms with van der Waals surface area (Å²) in [6.07, 6.45) is 7.61. The molecule has 0 radical (unpaired) electrons. The van der Waals surface area contributed by atoms with Gasteiger partial charge in [0.2, 0.25) is 5.88 Å². The first-order valence-corrected chi connectivity index (χ1v) is 15.0. The number of pyridine rings is 1. The van der Waals surface area contributed by atoms with Gasteiger partial charge in [-0.25, -0.2) is 19.6 Å². The van der Waals surface area contributed by atoms with Crippen LogP contribution in [-0.2, 0) is 7.05 Å². The molecule has 0 atom stereocenters. The lowest BCUT2D eigenvalue weighted by molar-refractivity contribution is 0.236. The third-order valence-electron chi connectivity index (χ3n) is 7.35. The first-order chi connectivity index (χ1) is 20.6. The SMILES string of the molecule is CCN1CCN(c2ccc(-c3cnc4cc3OCCCOc3c(cnn3C)-c3nccc(n3)N4)c(OC)c2)CC1.CS. The molecule has 222 valence electrons. The minimum absolute atomic E-state index is 0.459. The number of nitrogens with zero attached hydrogens (tertiary/aromatic N) is 7. The zero-order valence-corrected chi connectivity index (χ0v) is 25.5. The molecule has 0 unspecified atom stereocenters. The lowest BCUT2D eigenvalue weighted by Crippen LogP contribution is -2.46. The first kappa shape index (κ1) is 29.5. The van der Waals surface area contributed by atoms with Gasteiger partial charge in [-0.05, 0) is 31.0 Å². The van der Waals surface area contributed by atoms with E-state index in [1.54, 1.807) is 36.5 Å². The number of nitrogens with one attached hydrogen (secondary N) is 1. The molecule has 2 aliphatic heterocycles. The lowest BCUT2D eigenvalue weighted by atomic mass is 10.0. The Bertz CT molecular complexity index is 1490. The van der Waals surface area contributed by atoms with Gasteiger partial charge in [0.15, 0.2) is 5.82 Å². The second-order valence-electron chi connectivity index (χ2n) is 9.80. The molecule has 2 aliphatic rings. The average Bonchev–Trinajstić information content (AvgIpc) is 3.41. The summed E-state index contributed by atoms with van der Waals surface area (Å²) in [6.45, 7) is 8.36. The van der Waals surface area contributed by atoms with Gasteiger partial charge >= 0.3 is 0 Å². The second-order valence-corrected chi connectivity index (χ2v) is 9.80. The highest BCUT2D eigenvalue weighted by molar-refractivity contribution is 7.79. The van der Waals surface area contributed by atoms with E-state index in [1.807, 2.05) is 19.3 Å². The van der Waals surface area contributed by atoms with Crippen LogP contribution in [0, 0.1) is 0 Å². The van der Waals surface area contributed by atoms with E-state index in [1.165, 1.54) is 0 Å². The monoisotopic (exact) mass is 590 g/mol. The van der Waals surface area contributed by atoms with Crippen LogP contribution in [0.5, 0.6) is 17.4 Å². The highest BCUT2D eigenvalue weighted by Crippen LogP contribution is 2.40. The van der Waals surface area contributed by atoms with E-state index in [4.69, 9.17) is 19.2 Å². The van der Waals surface area contributed by atoms with Crippen LogP contribution in [0.2, 0.25) is 0 Å². The van der Waals surface area contributed by atoms with Crippen LogP contribution >= 0.6 is 12.6 Å². The fraction of sp³-hybridized carbons (Fsp3) is 0.400. The van der Waals surface area contributed by atoms with Crippen LogP contribution < -0.4 is 24.4 Å². The molecule has 6 rings (SSSR count). The number of anilines is 3. The molecule has 1 saturated heterocycles. The number of hydrogen-bond acceptors (Lipinski definition) is 11. The number of rotatable bonds is 4. The number of fused-ring (bicyclic) bond motifs is 6. The summed E-state index contributed by atoms with van der Waals surface area (Å²) in [5, 5.41) is 7.63. The Morgan fingerprint density at radius 1 is 0.929 bits per heavy atom. The smallest absolute Gasteiger partial charge is 0.222 e. The van der Waals surface area contributed by atoms with Crippen LogP contribution in [0.15, 0.2) is 48.9 Å². The number of likely N-dealkylation sites (N-methyl/N-ethyl adjacent to an activating group) is 1. The summed E-state index contributed by atoms with van der Waals surface area (Å²) < 4.78 is 19.9. The van der Waals surface area contributed by atoms with E-state index in [0.29, 0.717) is 48.7 Å². The quantitative estimate of drug-likeness (QED) is 0.330. The molecule has 1 fully saturated rings. The third kappa shape index (κ3) is 6.39. The summed E-state index contributed by atoms with van der Waals surface area (Å²) in [4.78, 5) is 18.7. The van der Waals surface area contributed by atoms with E-state index in [2.05, 4.69) is 67.9 Å². The number of piperazine rings is 1. The highest BCUT2D eigenvalue weighted by Gasteiger charge is 2.20. The van der Waals surface area contributed by atoms with Crippen LogP contribution in [-0.4, -0.2) is 88.9 Å². The summed E-state index contributed by atoms with van der Waals surface area (Å²) >= 11 is 3.53. The molecular weight excluding hydrogens is 552 g/mol. The normalized spacial score (nSPS) is 15.1. The van der Waals surface area contributed by atoms with E-state index in [-0.39, 0.29) is 0 Å². The minimum atomic E-state index is 0.459. The van der Waals surface area contributed by atoms with Crippen molar-refractivity contribution in [2.24, 2.45) is 7.05 Å². The number of hydrogen-bond donors (Lipinski definition) is 2. The second kappa shape index (κ2) is 13.8. The van der Waals surface area contributed by atoms with Crippen molar-refractivity contribution in [3.8, 4) is 39.9 Å². The number of aryl methyl sites for hydroxylation is 1. The maximum atomic E-state index is 6.32. The topological polar surface area (TPSA) is 103 Å². The van der Waals surface area contributed by atoms with Crippen molar-refractivity contribution in [3.63, 3.8) is 0 Å². The number of aromatic nitrogens is 5. The fourth-order valence-corrected chi connectivity index (χ4v) is 5.10. The molecule has 5 heterocycles. The number of thiol groups is 1. The summed E-state index contributed by atoms with van der Waals surface area (Å²) in [6, 6.07) is 10.1. The Morgan fingerprint density at radius 3 is 2.52 bits per heavy atom. The number of methoxy groups -OCH3 is 1. The molecule has 0 amide bonds. The van der Waals surface area contributed by atoms with Crippen molar-refractivity contribution in [2.45, 2.75) is 13.3 Å². The van der Waals surface area contributed by atoms with Gasteiger partial charge < -0.3 is 29.3 Å². The fourth-order valence-electron chi connectivity index (χ4n) is 5.10. The third-order valence-corrected chi connectivity index (χ3v) is 7.35. The molecule has 0 saturated carbocycles. The molecule has 3 aromatic heterocycles.